The van der Waals surface area contributed by atoms with Crippen molar-refractivity contribution in [3.05, 3.63) is 29.8 Å². The second-order valence-corrected chi connectivity index (χ2v) is 4.34. The molecule has 1 atom stereocenters. The van der Waals surface area contributed by atoms with Crippen LogP contribution in [0.1, 0.15) is 17.3 Å². The molecule has 1 aromatic rings. The number of carbonyl (C=O) groups excluding carboxylic acids is 1. The smallest absolute Gasteiger partial charge is 0.254 e. The van der Waals surface area contributed by atoms with Crippen LogP contribution < -0.4 is 10.1 Å². The van der Waals surface area contributed by atoms with Crippen LogP contribution in [0.4, 0.5) is 0 Å². The molecule has 0 saturated carbocycles. The Labute approximate surface area is 102 Å². The van der Waals surface area contributed by atoms with Gasteiger partial charge in [-0.2, -0.15) is 0 Å². The number of methoxy groups -OCH3 is 1. The molecule has 0 spiro atoms. The van der Waals surface area contributed by atoms with Gasteiger partial charge >= 0.3 is 0 Å². The molecule has 0 bridgehead atoms. The lowest BCUT2D eigenvalue weighted by atomic mass is 10.1. The highest BCUT2D eigenvalue weighted by Gasteiger charge is 2.21. The van der Waals surface area contributed by atoms with E-state index in [0.717, 1.165) is 25.4 Å². The zero-order valence-corrected chi connectivity index (χ0v) is 10.3. The second kappa shape index (κ2) is 5.19. The van der Waals surface area contributed by atoms with Gasteiger partial charge in [0.25, 0.3) is 5.91 Å². The van der Waals surface area contributed by atoms with E-state index in [1.807, 2.05) is 23.1 Å². The van der Waals surface area contributed by atoms with Gasteiger partial charge in [0.05, 0.1) is 7.11 Å². The highest BCUT2D eigenvalue weighted by atomic mass is 16.5. The Balaban J connectivity index is 2.12. The quantitative estimate of drug-likeness (QED) is 0.834. The summed E-state index contributed by atoms with van der Waals surface area (Å²) in [7, 11) is 1.61. The highest BCUT2D eigenvalue weighted by molar-refractivity contribution is 5.94. The average Bonchev–Trinajstić information content (AvgIpc) is 2.38. The van der Waals surface area contributed by atoms with Crippen LogP contribution in [0, 0.1) is 0 Å². The molecular weight excluding hydrogens is 216 g/mol. The topological polar surface area (TPSA) is 41.6 Å². The Morgan fingerprint density at radius 1 is 1.53 bits per heavy atom. The van der Waals surface area contributed by atoms with Gasteiger partial charge in [0.2, 0.25) is 0 Å². The van der Waals surface area contributed by atoms with E-state index in [1.165, 1.54) is 0 Å². The number of ether oxygens (including phenoxy) is 1. The van der Waals surface area contributed by atoms with Crippen molar-refractivity contribution in [2.24, 2.45) is 0 Å². The first-order valence-corrected chi connectivity index (χ1v) is 5.87. The third kappa shape index (κ3) is 2.77. The summed E-state index contributed by atoms with van der Waals surface area (Å²) in [6, 6.07) is 7.67. The van der Waals surface area contributed by atoms with Gasteiger partial charge in [-0.05, 0) is 25.1 Å². The fourth-order valence-corrected chi connectivity index (χ4v) is 2.06. The lowest BCUT2D eigenvalue weighted by molar-refractivity contribution is 0.0708. The van der Waals surface area contributed by atoms with Crippen LogP contribution in [-0.2, 0) is 0 Å². The normalized spacial score (nSPS) is 20.1. The van der Waals surface area contributed by atoms with Crippen LogP contribution in [0.15, 0.2) is 24.3 Å². The van der Waals surface area contributed by atoms with Crippen molar-refractivity contribution in [3.8, 4) is 5.75 Å². The lowest BCUT2D eigenvalue weighted by Crippen LogP contribution is -2.51. The summed E-state index contributed by atoms with van der Waals surface area (Å²) in [4.78, 5) is 14.1. The van der Waals surface area contributed by atoms with E-state index in [1.54, 1.807) is 13.2 Å². The second-order valence-electron chi connectivity index (χ2n) is 4.34. The fourth-order valence-electron chi connectivity index (χ4n) is 2.06. The molecule has 1 aliphatic heterocycles. The molecule has 1 aliphatic rings. The number of nitrogens with one attached hydrogen (secondary N) is 1. The highest BCUT2D eigenvalue weighted by Crippen LogP contribution is 2.15. The molecule has 17 heavy (non-hydrogen) atoms. The van der Waals surface area contributed by atoms with E-state index < -0.39 is 0 Å². The van der Waals surface area contributed by atoms with Crippen molar-refractivity contribution >= 4 is 5.91 Å². The van der Waals surface area contributed by atoms with Crippen molar-refractivity contribution in [2.45, 2.75) is 13.0 Å². The standard InChI is InChI=1S/C13H18N2O2/c1-10-9-15(7-6-14-10)13(16)11-4-3-5-12(8-11)17-2/h3-5,8,10,14H,6-7,9H2,1-2H3/t10-/m1/s1. The number of carbonyl (C=O) groups is 1. The van der Waals surface area contributed by atoms with Crippen LogP contribution >= 0.6 is 0 Å². The predicted molar refractivity (Wildman–Crippen MR) is 66.4 cm³/mol. The van der Waals surface area contributed by atoms with E-state index in [0.29, 0.717) is 11.6 Å². The molecule has 0 aromatic heterocycles. The third-order valence-corrected chi connectivity index (χ3v) is 2.97. The molecule has 4 heteroatoms. The molecule has 1 amide bonds. The Kier molecular flexibility index (Phi) is 3.64. The Bertz CT molecular complexity index is 406. The van der Waals surface area contributed by atoms with Crippen LogP contribution in [0.3, 0.4) is 0 Å². The van der Waals surface area contributed by atoms with Crippen LogP contribution in [0.25, 0.3) is 0 Å². The number of benzene rings is 1. The van der Waals surface area contributed by atoms with Gasteiger partial charge in [0, 0.05) is 31.2 Å². The Morgan fingerprint density at radius 2 is 2.35 bits per heavy atom. The van der Waals surface area contributed by atoms with Crippen molar-refractivity contribution in [3.63, 3.8) is 0 Å². The molecule has 0 unspecified atom stereocenters. The minimum atomic E-state index is 0.0808. The van der Waals surface area contributed by atoms with E-state index >= 15 is 0 Å². The number of amides is 1. The molecule has 1 aromatic carbocycles. The monoisotopic (exact) mass is 234 g/mol. The summed E-state index contributed by atoms with van der Waals surface area (Å²) in [6.45, 7) is 4.47. The van der Waals surface area contributed by atoms with Gasteiger partial charge < -0.3 is 15.0 Å². The lowest BCUT2D eigenvalue weighted by Gasteiger charge is -2.32. The van der Waals surface area contributed by atoms with E-state index in [4.69, 9.17) is 4.74 Å². The summed E-state index contributed by atoms with van der Waals surface area (Å²) in [6.07, 6.45) is 0. The van der Waals surface area contributed by atoms with Gasteiger partial charge in [-0.1, -0.05) is 6.07 Å². The Hall–Kier alpha value is -1.55. The molecule has 1 heterocycles. The van der Waals surface area contributed by atoms with Crippen LogP contribution in [0.5, 0.6) is 5.75 Å². The summed E-state index contributed by atoms with van der Waals surface area (Å²) in [5.41, 5.74) is 0.693. The van der Waals surface area contributed by atoms with Crippen LogP contribution in [-0.4, -0.2) is 43.6 Å². The molecule has 4 nitrogen and oxygen atoms in total. The summed E-state index contributed by atoms with van der Waals surface area (Å²) < 4.78 is 5.13. The molecule has 1 saturated heterocycles. The number of hydrogen-bond donors (Lipinski definition) is 1. The van der Waals surface area contributed by atoms with Gasteiger partial charge in [-0.15, -0.1) is 0 Å². The van der Waals surface area contributed by atoms with E-state index in [-0.39, 0.29) is 5.91 Å². The third-order valence-electron chi connectivity index (χ3n) is 2.97. The zero-order valence-electron chi connectivity index (χ0n) is 10.3. The molecule has 1 N–H and O–H groups in total. The number of piperazine rings is 1. The minimum absolute atomic E-state index is 0.0808. The molecule has 92 valence electrons. The first-order valence-electron chi connectivity index (χ1n) is 5.87. The maximum atomic E-state index is 12.3. The maximum absolute atomic E-state index is 12.3. The summed E-state index contributed by atoms with van der Waals surface area (Å²) in [5.74, 6) is 0.802. The number of hydrogen-bond acceptors (Lipinski definition) is 3. The first-order chi connectivity index (χ1) is 8.20. The van der Waals surface area contributed by atoms with Crippen molar-refractivity contribution < 1.29 is 9.53 Å². The molecule has 0 aliphatic carbocycles. The number of rotatable bonds is 2. The maximum Gasteiger partial charge on any atom is 0.254 e. The zero-order chi connectivity index (χ0) is 12.3. The minimum Gasteiger partial charge on any atom is -0.497 e. The number of nitrogens with zero attached hydrogens (tertiary/aromatic N) is 1. The SMILES string of the molecule is COc1cccc(C(=O)N2CCN[C@H](C)C2)c1. The van der Waals surface area contributed by atoms with Gasteiger partial charge in [-0.3, -0.25) is 4.79 Å². The molecule has 1 fully saturated rings. The van der Waals surface area contributed by atoms with Crippen LogP contribution in [0.2, 0.25) is 0 Å². The van der Waals surface area contributed by atoms with Gasteiger partial charge in [-0.25, -0.2) is 0 Å². The van der Waals surface area contributed by atoms with Gasteiger partial charge in [0.15, 0.2) is 0 Å². The molecule has 2 rings (SSSR count). The predicted octanol–water partition coefficient (Wildman–Crippen LogP) is 1.13. The molecule has 0 radical (unpaired) electrons. The fraction of sp³-hybridized carbons (Fsp3) is 0.462. The summed E-state index contributed by atoms with van der Waals surface area (Å²) >= 11 is 0. The average molecular weight is 234 g/mol. The van der Waals surface area contributed by atoms with E-state index in [2.05, 4.69) is 12.2 Å². The van der Waals surface area contributed by atoms with Gasteiger partial charge in [0.1, 0.15) is 5.75 Å². The first kappa shape index (κ1) is 11.9. The summed E-state index contributed by atoms with van der Waals surface area (Å²) in [5, 5.41) is 3.32. The van der Waals surface area contributed by atoms with Crippen molar-refractivity contribution in [1.82, 2.24) is 10.2 Å². The van der Waals surface area contributed by atoms with Crippen molar-refractivity contribution in [2.75, 3.05) is 26.7 Å². The largest absolute Gasteiger partial charge is 0.497 e. The van der Waals surface area contributed by atoms with E-state index in [9.17, 15) is 4.79 Å². The molecular formula is C13H18N2O2. The Morgan fingerprint density at radius 3 is 3.06 bits per heavy atom. The van der Waals surface area contributed by atoms with Crippen molar-refractivity contribution in [1.29, 1.82) is 0 Å².